The van der Waals surface area contributed by atoms with E-state index in [0.29, 0.717) is 5.65 Å². The molecule has 2 fully saturated rings. The van der Waals surface area contributed by atoms with E-state index in [4.69, 9.17) is 0 Å². The Labute approximate surface area is 160 Å². The van der Waals surface area contributed by atoms with Crippen LogP contribution in [0.5, 0.6) is 0 Å². The maximum Gasteiger partial charge on any atom is 0.224 e. The molecule has 2 aliphatic heterocycles. The topological polar surface area (TPSA) is 74.2 Å². The molecular weight excluding hydrogens is 340 g/mol. The lowest BCUT2D eigenvalue weighted by molar-refractivity contribution is -0.125. The number of amides is 1. The highest BCUT2D eigenvalue weighted by atomic mass is 16.1. The number of piperidine rings is 2. The molecular formula is C20H28N6O. The molecule has 4 rings (SSSR count). The van der Waals surface area contributed by atoms with Crippen LogP contribution in [0.3, 0.4) is 0 Å². The van der Waals surface area contributed by atoms with Crippen LogP contribution in [0, 0.1) is 5.92 Å². The van der Waals surface area contributed by atoms with Crippen molar-refractivity contribution in [1.82, 2.24) is 25.2 Å². The van der Waals surface area contributed by atoms with Crippen LogP contribution < -0.4 is 10.2 Å². The molecule has 0 radical (unpaired) electrons. The van der Waals surface area contributed by atoms with E-state index in [9.17, 15) is 4.79 Å². The number of likely N-dealkylation sites (tertiary alicyclic amines) is 1. The number of anilines is 1. The fraction of sp³-hybridized carbons (Fsp3) is 0.600. The molecule has 2 aliphatic rings. The van der Waals surface area contributed by atoms with Crippen molar-refractivity contribution >= 4 is 22.8 Å². The minimum atomic E-state index is 0.0395. The number of hydrogen-bond acceptors (Lipinski definition) is 6. The average Bonchev–Trinajstić information content (AvgIpc) is 2.74. The lowest BCUT2D eigenvalue weighted by Crippen LogP contribution is -2.45. The maximum absolute atomic E-state index is 12.6. The molecule has 0 bridgehead atoms. The molecule has 0 aromatic carbocycles. The highest BCUT2D eigenvalue weighted by Gasteiger charge is 2.26. The Morgan fingerprint density at radius 3 is 2.81 bits per heavy atom. The summed E-state index contributed by atoms with van der Waals surface area (Å²) in [6, 6.07) is 2.02. The summed E-state index contributed by atoms with van der Waals surface area (Å²) in [4.78, 5) is 30.3. The van der Waals surface area contributed by atoms with Crippen molar-refractivity contribution in [1.29, 1.82) is 0 Å². The minimum absolute atomic E-state index is 0.0395. The van der Waals surface area contributed by atoms with Gasteiger partial charge in [-0.3, -0.25) is 9.78 Å². The third kappa shape index (κ3) is 4.53. The second-order valence-electron chi connectivity index (χ2n) is 7.57. The Morgan fingerprint density at radius 2 is 1.93 bits per heavy atom. The number of rotatable bonds is 5. The monoisotopic (exact) mass is 368 g/mol. The van der Waals surface area contributed by atoms with Gasteiger partial charge in [0.2, 0.25) is 5.91 Å². The lowest BCUT2D eigenvalue weighted by atomic mass is 9.96. The van der Waals surface area contributed by atoms with Gasteiger partial charge in [0.05, 0.1) is 17.8 Å². The van der Waals surface area contributed by atoms with Crippen molar-refractivity contribution in [3.8, 4) is 0 Å². The molecule has 2 aromatic heterocycles. The zero-order valence-corrected chi connectivity index (χ0v) is 15.8. The van der Waals surface area contributed by atoms with E-state index < -0.39 is 0 Å². The number of fused-ring (bicyclic) bond motifs is 1. The van der Waals surface area contributed by atoms with E-state index in [-0.39, 0.29) is 11.8 Å². The number of carbonyl (C=O) groups is 1. The van der Waals surface area contributed by atoms with Crippen LogP contribution in [0.15, 0.2) is 24.7 Å². The molecule has 1 atom stereocenters. The number of aromatic nitrogens is 3. The summed E-state index contributed by atoms with van der Waals surface area (Å²) in [5.74, 6) is 0.225. The van der Waals surface area contributed by atoms with Crippen molar-refractivity contribution in [3.63, 3.8) is 0 Å². The van der Waals surface area contributed by atoms with Gasteiger partial charge in [-0.25, -0.2) is 9.97 Å². The zero-order chi connectivity index (χ0) is 18.5. The molecule has 7 nitrogen and oxygen atoms in total. The number of pyridine rings is 1. The standard InChI is InChI=1S/C20H28N6O/c27-20(23-8-12-25-9-2-1-3-10-25)16-5-4-11-26(15-16)17-13-18-19(24-14-17)22-7-6-21-18/h6-7,13-14,16H,1-5,8-12,15H2,(H,23,27)/t16-/m1/s1. The van der Waals surface area contributed by atoms with Gasteiger partial charge in [0.1, 0.15) is 5.52 Å². The molecule has 2 aromatic rings. The van der Waals surface area contributed by atoms with Crippen LogP contribution in [-0.4, -0.2) is 65.0 Å². The molecule has 2 saturated heterocycles. The molecule has 1 N–H and O–H groups in total. The van der Waals surface area contributed by atoms with Crippen molar-refractivity contribution in [2.45, 2.75) is 32.1 Å². The average molecular weight is 368 g/mol. The molecule has 144 valence electrons. The van der Waals surface area contributed by atoms with Crippen molar-refractivity contribution in [2.24, 2.45) is 5.92 Å². The molecule has 0 spiro atoms. The smallest absolute Gasteiger partial charge is 0.224 e. The molecule has 7 heteroatoms. The Morgan fingerprint density at radius 1 is 1.07 bits per heavy atom. The van der Waals surface area contributed by atoms with Gasteiger partial charge in [-0.15, -0.1) is 0 Å². The second kappa shape index (κ2) is 8.61. The highest BCUT2D eigenvalue weighted by molar-refractivity contribution is 5.80. The van der Waals surface area contributed by atoms with Crippen LogP contribution >= 0.6 is 0 Å². The predicted molar refractivity (Wildman–Crippen MR) is 106 cm³/mol. The SMILES string of the molecule is O=C(NCCN1CCCCC1)[C@@H]1CCCN(c2cnc3nccnc3c2)C1. The van der Waals surface area contributed by atoms with Gasteiger partial charge >= 0.3 is 0 Å². The Balaban J connectivity index is 1.32. The largest absolute Gasteiger partial charge is 0.369 e. The number of hydrogen-bond donors (Lipinski definition) is 1. The zero-order valence-electron chi connectivity index (χ0n) is 15.8. The second-order valence-corrected chi connectivity index (χ2v) is 7.57. The van der Waals surface area contributed by atoms with Gasteiger partial charge in [0.15, 0.2) is 5.65 Å². The van der Waals surface area contributed by atoms with E-state index in [2.05, 4.69) is 30.1 Å². The molecule has 1 amide bonds. The van der Waals surface area contributed by atoms with Crippen LogP contribution in [0.4, 0.5) is 5.69 Å². The van der Waals surface area contributed by atoms with Gasteiger partial charge in [-0.05, 0) is 44.8 Å². The predicted octanol–water partition coefficient (Wildman–Crippen LogP) is 1.84. The first kappa shape index (κ1) is 18.1. The Kier molecular flexibility index (Phi) is 5.77. The summed E-state index contributed by atoms with van der Waals surface area (Å²) in [6.45, 7) is 5.75. The van der Waals surface area contributed by atoms with Crippen molar-refractivity contribution in [3.05, 3.63) is 24.7 Å². The summed E-state index contributed by atoms with van der Waals surface area (Å²) in [6.07, 6.45) is 11.1. The van der Waals surface area contributed by atoms with Gasteiger partial charge in [-0.1, -0.05) is 6.42 Å². The quantitative estimate of drug-likeness (QED) is 0.868. The van der Waals surface area contributed by atoms with Crippen LogP contribution in [-0.2, 0) is 4.79 Å². The van der Waals surface area contributed by atoms with Crippen molar-refractivity contribution < 1.29 is 4.79 Å². The minimum Gasteiger partial charge on any atom is -0.369 e. The summed E-state index contributed by atoms with van der Waals surface area (Å²) < 4.78 is 0. The summed E-state index contributed by atoms with van der Waals surface area (Å²) >= 11 is 0. The van der Waals surface area contributed by atoms with Crippen LogP contribution in [0.25, 0.3) is 11.2 Å². The van der Waals surface area contributed by atoms with E-state index in [1.54, 1.807) is 12.4 Å². The third-order valence-corrected chi connectivity index (χ3v) is 5.64. The van der Waals surface area contributed by atoms with Crippen LogP contribution in [0.1, 0.15) is 32.1 Å². The van der Waals surface area contributed by atoms with Gasteiger partial charge in [-0.2, -0.15) is 0 Å². The van der Waals surface area contributed by atoms with Gasteiger partial charge in [0, 0.05) is 38.6 Å². The van der Waals surface area contributed by atoms with Crippen molar-refractivity contribution in [2.75, 3.05) is 44.2 Å². The molecule has 0 aliphatic carbocycles. The summed E-state index contributed by atoms with van der Waals surface area (Å²) in [5, 5.41) is 3.16. The van der Waals surface area contributed by atoms with E-state index in [0.717, 1.165) is 50.2 Å². The Hall–Kier alpha value is -2.28. The number of nitrogens with zero attached hydrogens (tertiary/aromatic N) is 5. The molecule has 0 unspecified atom stereocenters. The fourth-order valence-corrected chi connectivity index (χ4v) is 4.11. The molecule has 27 heavy (non-hydrogen) atoms. The number of carbonyl (C=O) groups excluding carboxylic acids is 1. The molecule has 4 heterocycles. The summed E-state index contributed by atoms with van der Waals surface area (Å²) in [7, 11) is 0. The first-order valence-electron chi connectivity index (χ1n) is 10.1. The summed E-state index contributed by atoms with van der Waals surface area (Å²) in [5.41, 5.74) is 2.47. The highest BCUT2D eigenvalue weighted by Crippen LogP contribution is 2.24. The van der Waals surface area contributed by atoms with E-state index >= 15 is 0 Å². The van der Waals surface area contributed by atoms with Gasteiger partial charge in [0.25, 0.3) is 0 Å². The number of nitrogens with one attached hydrogen (secondary N) is 1. The third-order valence-electron chi connectivity index (χ3n) is 5.64. The first-order valence-corrected chi connectivity index (χ1v) is 10.1. The van der Waals surface area contributed by atoms with Gasteiger partial charge < -0.3 is 15.1 Å². The maximum atomic E-state index is 12.6. The van der Waals surface area contributed by atoms with E-state index in [1.165, 1.54) is 32.4 Å². The van der Waals surface area contributed by atoms with E-state index in [1.807, 2.05) is 12.3 Å². The normalized spacial score (nSPS) is 21.3. The lowest BCUT2D eigenvalue weighted by Gasteiger charge is -2.33. The molecule has 0 saturated carbocycles. The fourth-order valence-electron chi connectivity index (χ4n) is 4.11. The first-order chi connectivity index (χ1) is 13.3. The van der Waals surface area contributed by atoms with Crippen LogP contribution in [0.2, 0.25) is 0 Å². The Bertz CT molecular complexity index is 776.